The van der Waals surface area contributed by atoms with Crippen molar-refractivity contribution in [1.29, 1.82) is 0 Å². The fourth-order valence-corrected chi connectivity index (χ4v) is 2.71. The third-order valence-corrected chi connectivity index (χ3v) is 3.59. The van der Waals surface area contributed by atoms with Crippen LogP contribution in [0, 0.1) is 5.92 Å². The van der Waals surface area contributed by atoms with Crippen LogP contribution in [0.3, 0.4) is 0 Å². The summed E-state index contributed by atoms with van der Waals surface area (Å²) < 4.78 is 0. The van der Waals surface area contributed by atoms with Gasteiger partial charge in [0.25, 0.3) is 0 Å². The molecule has 1 aromatic rings. The number of urea groups is 1. The summed E-state index contributed by atoms with van der Waals surface area (Å²) in [4.78, 5) is 15.6. The smallest absolute Gasteiger partial charge is 0.319 e. The van der Waals surface area contributed by atoms with Crippen LogP contribution in [0.25, 0.3) is 0 Å². The minimum atomic E-state index is -0.367. The van der Waals surface area contributed by atoms with Crippen molar-refractivity contribution >= 4 is 34.9 Å². The first-order chi connectivity index (χ1) is 8.65. The molecule has 3 N–H and O–H groups in total. The zero-order valence-electron chi connectivity index (χ0n) is 9.21. The van der Waals surface area contributed by atoms with Crippen molar-refractivity contribution < 1.29 is 4.79 Å². The van der Waals surface area contributed by atoms with Gasteiger partial charge in [0.05, 0.1) is 16.7 Å². The molecule has 2 heterocycles. The second-order valence-corrected chi connectivity index (χ2v) is 5.02. The Morgan fingerprint density at radius 1 is 1.33 bits per heavy atom. The van der Waals surface area contributed by atoms with E-state index in [0.717, 1.165) is 5.56 Å². The van der Waals surface area contributed by atoms with Crippen LogP contribution in [0.4, 0.5) is 4.79 Å². The molecule has 5 nitrogen and oxygen atoms in total. The number of hydrogen-bond acceptors (Lipinski definition) is 3. The number of halogens is 2. The van der Waals surface area contributed by atoms with Gasteiger partial charge in [0.1, 0.15) is 6.17 Å². The Hall–Kier alpha value is -1.14. The lowest BCUT2D eigenvalue weighted by atomic mass is 9.93. The highest BCUT2D eigenvalue weighted by atomic mass is 35.5. The van der Waals surface area contributed by atoms with Gasteiger partial charge in [-0.3, -0.25) is 5.43 Å². The van der Waals surface area contributed by atoms with Crippen LogP contribution < -0.4 is 16.2 Å². The van der Waals surface area contributed by atoms with E-state index in [1.807, 2.05) is 0 Å². The molecule has 0 spiro atoms. The zero-order valence-corrected chi connectivity index (χ0v) is 10.7. The zero-order chi connectivity index (χ0) is 12.7. The van der Waals surface area contributed by atoms with Crippen LogP contribution in [-0.2, 0) is 0 Å². The van der Waals surface area contributed by atoms with Crippen LogP contribution >= 0.6 is 23.2 Å². The summed E-state index contributed by atoms with van der Waals surface area (Å²) >= 11 is 12.0. The van der Waals surface area contributed by atoms with Gasteiger partial charge in [-0.1, -0.05) is 29.3 Å². The van der Waals surface area contributed by atoms with E-state index in [-0.39, 0.29) is 18.1 Å². The molecule has 7 heteroatoms. The predicted octanol–water partition coefficient (Wildman–Crippen LogP) is 1.56. The van der Waals surface area contributed by atoms with E-state index in [1.54, 1.807) is 18.2 Å². The van der Waals surface area contributed by atoms with Gasteiger partial charge in [0.15, 0.2) is 0 Å². The standard InChI is InChI=1S/C11H10Cl2N4O/c12-5-1-2-6(8(13)3-5)9-7-4-14-17-10(7)16-11(18)15-9/h1-3,7,10,14,17H,4H2,(H,16,18). The summed E-state index contributed by atoms with van der Waals surface area (Å²) in [6.45, 7) is 0.683. The van der Waals surface area contributed by atoms with E-state index in [9.17, 15) is 4.79 Å². The Morgan fingerprint density at radius 3 is 2.94 bits per heavy atom. The second-order valence-electron chi connectivity index (χ2n) is 4.18. The van der Waals surface area contributed by atoms with Gasteiger partial charge in [-0.05, 0) is 12.1 Å². The van der Waals surface area contributed by atoms with Gasteiger partial charge >= 0.3 is 6.03 Å². The molecule has 0 bridgehead atoms. The molecule has 2 aliphatic heterocycles. The van der Waals surface area contributed by atoms with Crippen molar-refractivity contribution in [3.05, 3.63) is 33.8 Å². The number of fused-ring (bicyclic) bond motifs is 1. The Morgan fingerprint density at radius 2 is 2.17 bits per heavy atom. The molecule has 2 atom stereocenters. The van der Waals surface area contributed by atoms with Crippen LogP contribution in [0.1, 0.15) is 5.56 Å². The van der Waals surface area contributed by atoms with Crippen LogP contribution in [0.15, 0.2) is 23.2 Å². The van der Waals surface area contributed by atoms with Gasteiger partial charge < -0.3 is 5.32 Å². The van der Waals surface area contributed by atoms with E-state index in [1.165, 1.54) is 0 Å². The topological polar surface area (TPSA) is 65.5 Å². The third-order valence-electron chi connectivity index (χ3n) is 3.04. The average Bonchev–Trinajstić information content (AvgIpc) is 2.76. The number of nitrogens with zero attached hydrogens (tertiary/aromatic N) is 1. The molecule has 2 aliphatic rings. The first-order valence-electron chi connectivity index (χ1n) is 5.48. The number of amides is 2. The second kappa shape index (κ2) is 4.51. The monoisotopic (exact) mass is 284 g/mol. The maximum atomic E-state index is 11.5. The highest BCUT2D eigenvalue weighted by molar-refractivity contribution is 6.37. The summed E-state index contributed by atoms with van der Waals surface area (Å²) in [7, 11) is 0. The lowest BCUT2D eigenvalue weighted by molar-refractivity contribution is 0.240. The SMILES string of the molecule is O=C1N=C(c2ccc(Cl)cc2Cl)C2CNNC2N1. The van der Waals surface area contributed by atoms with Crippen molar-refractivity contribution in [2.45, 2.75) is 6.17 Å². The third kappa shape index (κ3) is 1.99. The Kier molecular flexibility index (Phi) is 2.99. The molecule has 0 aromatic heterocycles. The van der Waals surface area contributed by atoms with E-state index in [4.69, 9.17) is 23.2 Å². The van der Waals surface area contributed by atoms with Crippen LogP contribution in [0.5, 0.6) is 0 Å². The van der Waals surface area contributed by atoms with E-state index >= 15 is 0 Å². The Balaban J connectivity index is 2.06. The van der Waals surface area contributed by atoms with Gasteiger partial charge in [0.2, 0.25) is 0 Å². The lowest BCUT2D eigenvalue weighted by Crippen LogP contribution is -2.51. The molecule has 0 aliphatic carbocycles. The molecule has 2 unspecified atom stereocenters. The first kappa shape index (κ1) is 11.9. The van der Waals surface area contributed by atoms with Crippen LogP contribution in [-0.4, -0.2) is 24.5 Å². The molecule has 18 heavy (non-hydrogen) atoms. The molecular formula is C11H10Cl2N4O. The quantitative estimate of drug-likeness (QED) is 0.733. The maximum Gasteiger partial charge on any atom is 0.342 e. The summed E-state index contributed by atoms with van der Waals surface area (Å²) in [5.41, 5.74) is 7.42. The molecular weight excluding hydrogens is 275 g/mol. The highest BCUT2D eigenvalue weighted by Gasteiger charge is 2.37. The van der Waals surface area contributed by atoms with Gasteiger partial charge in [-0.15, -0.1) is 0 Å². The van der Waals surface area contributed by atoms with E-state index in [2.05, 4.69) is 21.2 Å². The Bertz CT molecular complexity index is 546. The molecule has 3 rings (SSSR count). The van der Waals surface area contributed by atoms with Crippen molar-refractivity contribution in [2.75, 3.05) is 6.54 Å². The van der Waals surface area contributed by atoms with Crippen molar-refractivity contribution in [3.63, 3.8) is 0 Å². The number of aliphatic imine (C=N–C) groups is 1. The van der Waals surface area contributed by atoms with Crippen LogP contribution in [0.2, 0.25) is 10.0 Å². The average molecular weight is 285 g/mol. The number of carbonyl (C=O) groups excluding carboxylic acids is 1. The fraction of sp³-hybridized carbons (Fsp3) is 0.273. The normalized spacial score (nSPS) is 26.6. The molecule has 0 saturated carbocycles. The highest BCUT2D eigenvalue weighted by Crippen LogP contribution is 2.27. The predicted molar refractivity (Wildman–Crippen MR) is 69.9 cm³/mol. The largest absolute Gasteiger partial charge is 0.342 e. The van der Waals surface area contributed by atoms with Crippen molar-refractivity contribution in [3.8, 4) is 0 Å². The summed E-state index contributed by atoms with van der Waals surface area (Å²) in [6.07, 6.45) is -0.156. The number of nitrogens with one attached hydrogen (secondary N) is 3. The minimum absolute atomic E-state index is 0.0568. The molecule has 1 fully saturated rings. The lowest BCUT2D eigenvalue weighted by Gasteiger charge is -2.25. The summed E-state index contributed by atoms with van der Waals surface area (Å²) in [6, 6.07) is 4.81. The van der Waals surface area contributed by atoms with Crippen molar-refractivity contribution in [1.82, 2.24) is 16.2 Å². The number of benzene rings is 1. The number of carbonyl (C=O) groups is 1. The first-order valence-corrected chi connectivity index (χ1v) is 6.23. The molecule has 1 saturated heterocycles. The number of rotatable bonds is 1. The minimum Gasteiger partial charge on any atom is -0.319 e. The molecule has 0 radical (unpaired) electrons. The summed E-state index contributed by atoms with van der Waals surface area (Å²) in [5, 5.41) is 3.80. The van der Waals surface area contributed by atoms with Gasteiger partial charge in [-0.25, -0.2) is 10.2 Å². The molecule has 94 valence electrons. The molecule has 1 aromatic carbocycles. The molecule has 2 amide bonds. The van der Waals surface area contributed by atoms with E-state index < -0.39 is 0 Å². The number of hydrogen-bond donors (Lipinski definition) is 3. The Labute approximate surface area is 114 Å². The van der Waals surface area contributed by atoms with Gasteiger partial charge in [0, 0.05) is 17.1 Å². The number of hydrazine groups is 1. The van der Waals surface area contributed by atoms with Gasteiger partial charge in [-0.2, -0.15) is 4.99 Å². The van der Waals surface area contributed by atoms with E-state index in [0.29, 0.717) is 22.3 Å². The summed E-state index contributed by atoms with van der Waals surface area (Å²) in [5.74, 6) is 0.0568. The fourth-order valence-electron chi connectivity index (χ4n) is 2.20. The maximum absolute atomic E-state index is 11.5. The van der Waals surface area contributed by atoms with Crippen molar-refractivity contribution in [2.24, 2.45) is 10.9 Å².